The van der Waals surface area contributed by atoms with Crippen LogP contribution < -0.4 is 0 Å². The van der Waals surface area contributed by atoms with Crippen molar-refractivity contribution in [1.29, 1.82) is 0 Å². The van der Waals surface area contributed by atoms with E-state index in [4.69, 9.17) is 11.6 Å². The molecule has 0 aliphatic heterocycles. The second-order valence-corrected chi connectivity index (χ2v) is 4.64. The predicted molar refractivity (Wildman–Crippen MR) is 72.3 cm³/mol. The highest BCUT2D eigenvalue weighted by molar-refractivity contribution is 6.32. The summed E-state index contributed by atoms with van der Waals surface area (Å²) in [6.45, 7) is 1.84. The number of phenolic OH excluding ortho intramolecular Hbond substituents is 1. The van der Waals surface area contributed by atoms with Crippen molar-refractivity contribution in [3.63, 3.8) is 0 Å². The molecule has 2 aromatic rings. The summed E-state index contributed by atoms with van der Waals surface area (Å²) in [5.74, 6) is -0.271. The molecule has 0 saturated carbocycles. The molecule has 3 heteroatoms. The maximum atomic E-state index is 12.1. The fraction of sp³-hybridized carbons (Fsp3) is 0.133. The number of aromatic hydroxyl groups is 1. The van der Waals surface area contributed by atoms with Gasteiger partial charge in [-0.1, -0.05) is 41.9 Å². The fourth-order valence-electron chi connectivity index (χ4n) is 1.82. The van der Waals surface area contributed by atoms with Crippen molar-refractivity contribution >= 4 is 17.4 Å². The standard InChI is InChI=1S/C15H13ClO2/c1-10-7-12(15(18)13(16)8-10)14(17)9-11-5-3-2-4-6-11/h2-8,18H,9H2,1H3. The van der Waals surface area contributed by atoms with Crippen molar-refractivity contribution < 1.29 is 9.90 Å². The molecule has 0 heterocycles. The van der Waals surface area contributed by atoms with Crippen LogP contribution in [0, 0.1) is 6.92 Å². The predicted octanol–water partition coefficient (Wildman–Crippen LogP) is 3.78. The van der Waals surface area contributed by atoms with Crippen molar-refractivity contribution in [2.45, 2.75) is 13.3 Å². The van der Waals surface area contributed by atoms with Crippen LogP contribution in [0.5, 0.6) is 5.75 Å². The lowest BCUT2D eigenvalue weighted by Crippen LogP contribution is -2.04. The molecular weight excluding hydrogens is 248 g/mol. The molecule has 0 unspecified atom stereocenters. The number of carbonyl (C=O) groups excluding carboxylic acids is 1. The average molecular weight is 261 g/mol. The molecule has 0 atom stereocenters. The SMILES string of the molecule is Cc1cc(Cl)c(O)c(C(=O)Cc2ccccc2)c1. The van der Waals surface area contributed by atoms with E-state index in [1.165, 1.54) is 0 Å². The first-order valence-corrected chi connectivity index (χ1v) is 6.02. The van der Waals surface area contributed by atoms with Crippen molar-refractivity contribution in [2.24, 2.45) is 0 Å². The Balaban J connectivity index is 2.30. The van der Waals surface area contributed by atoms with E-state index in [-0.39, 0.29) is 28.5 Å². The lowest BCUT2D eigenvalue weighted by molar-refractivity contribution is 0.0990. The molecule has 0 aliphatic rings. The molecule has 1 N–H and O–H groups in total. The first kappa shape index (κ1) is 12.7. The number of ketones is 1. The Hall–Kier alpha value is -1.80. The number of benzene rings is 2. The Kier molecular flexibility index (Phi) is 3.68. The summed E-state index contributed by atoms with van der Waals surface area (Å²) in [6.07, 6.45) is 0.258. The van der Waals surface area contributed by atoms with E-state index >= 15 is 0 Å². The minimum Gasteiger partial charge on any atom is -0.506 e. The molecule has 0 saturated heterocycles. The first-order chi connectivity index (χ1) is 8.58. The van der Waals surface area contributed by atoms with Crippen molar-refractivity contribution in [3.05, 3.63) is 64.2 Å². The normalized spacial score (nSPS) is 10.3. The van der Waals surface area contributed by atoms with Crippen LogP contribution in [-0.4, -0.2) is 10.9 Å². The first-order valence-electron chi connectivity index (χ1n) is 5.64. The molecule has 18 heavy (non-hydrogen) atoms. The van der Waals surface area contributed by atoms with Crippen molar-refractivity contribution in [1.82, 2.24) is 0 Å². The van der Waals surface area contributed by atoms with Crippen LogP contribution in [0.2, 0.25) is 5.02 Å². The third kappa shape index (κ3) is 2.71. The number of aryl methyl sites for hydroxylation is 1. The highest BCUT2D eigenvalue weighted by atomic mass is 35.5. The number of hydrogen-bond acceptors (Lipinski definition) is 2. The third-order valence-corrected chi connectivity index (χ3v) is 3.00. The maximum absolute atomic E-state index is 12.1. The third-order valence-electron chi connectivity index (χ3n) is 2.72. The van der Waals surface area contributed by atoms with Crippen molar-refractivity contribution in [2.75, 3.05) is 0 Å². The van der Waals surface area contributed by atoms with Crippen LogP contribution >= 0.6 is 11.6 Å². The summed E-state index contributed by atoms with van der Waals surface area (Å²) in [5, 5.41) is 10.0. The van der Waals surface area contributed by atoms with Gasteiger partial charge in [0.05, 0.1) is 10.6 Å². The van der Waals surface area contributed by atoms with E-state index in [9.17, 15) is 9.90 Å². The summed E-state index contributed by atoms with van der Waals surface area (Å²) in [5.41, 5.74) is 2.05. The molecule has 0 aliphatic carbocycles. The maximum Gasteiger partial charge on any atom is 0.171 e. The average Bonchev–Trinajstić information content (AvgIpc) is 2.35. The summed E-state index contributed by atoms with van der Waals surface area (Å²) in [6, 6.07) is 12.7. The van der Waals surface area contributed by atoms with Gasteiger partial charge in [-0.2, -0.15) is 0 Å². The van der Waals surface area contributed by atoms with Crippen LogP contribution in [0.25, 0.3) is 0 Å². The second kappa shape index (κ2) is 5.23. The number of hydrogen-bond donors (Lipinski definition) is 1. The summed E-state index contributed by atoms with van der Waals surface area (Å²) < 4.78 is 0. The molecule has 2 nitrogen and oxygen atoms in total. The number of phenols is 1. The van der Waals surface area contributed by atoms with Gasteiger partial charge in [0.15, 0.2) is 5.78 Å². The Morgan fingerprint density at radius 2 is 1.89 bits per heavy atom. The summed E-state index contributed by atoms with van der Waals surface area (Å²) in [7, 11) is 0. The van der Waals surface area contributed by atoms with Crippen LogP contribution in [0.15, 0.2) is 42.5 Å². The van der Waals surface area contributed by atoms with E-state index in [0.717, 1.165) is 11.1 Å². The van der Waals surface area contributed by atoms with Gasteiger partial charge in [-0.3, -0.25) is 4.79 Å². The van der Waals surface area contributed by atoms with E-state index in [1.807, 2.05) is 37.3 Å². The van der Waals surface area contributed by atoms with Gasteiger partial charge in [-0.25, -0.2) is 0 Å². The molecular formula is C15H13ClO2. The van der Waals surface area contributed by atoms with E-state index < -0.39 is 0 Å². The van der Waals surface area contributed by atoms with Gasteiger partial charge in [-0.15, -0.1) is 0 Å². The smallest absolute Gasteiger partial charge is 0.171 e. The Bertz CT molecular complexity index is 577. The van der Waals surface area contributed by atoms with Gasteiger partial charge in [0.1, 0.15) is 5.75 Å². The zero-order valence-electron chi connectivity index (χ0n) is 9.98. The molecule has 0 fully saturated rings. The molecule has 0 spiro atoms. The fourth-order valence-corrected chi connectivity index (χ4v) is 2.10. The zero-order chi connectivity index (χ0) is 13.1. The molecule has 0 bridgehead atoms. The lowest BCUT2D eigenvalue weighted by Gasteiger charge is -2.07. The number of rotatable bonds is 3. The number of Topliss-reactive ketones (excluding diaryl/α,β-unsaturated/α-hetero) is 1. The zero-order valence-corrected chi connectivity index (χ0v) is 10.7. The highest BCUT2D eigenvalue weighted by Gasteiger charge is 2.14. The van der Waals surface area contributed by atoms with Gasteiger partial charge >= 0.3 is 0 Å². The van der Waals surface area contributed by atoms with Gasteiger partial charge in [0.2, 0.25) is 0 Å². The molecule has 92 valence electrons. The minimum absolute atomic E-state index is 0.135. The van der Waals surface area contributed by atoms with Crippen molar-refractivity contribution in [3.8, 4) is 5.75 Å². The van der Waals surface area contributed by atoms with Gasteiger partial charge < -0.3 is 5.11 Å². The molecule has 0 amide bonds. The van der Waals surface area contributed by atoms with Crippen LogP contribution in [0.4, 0.5) is 0 Å². The molecule has 2 aromatic carbocycles. The number of halogens is 1. The summed E-state index contributed by atoms with van der Waals surface area (Å²) >= 11 is 5.86. The van der Waals surface area contributed by atoms with Gasteiger partial charge in [-0.05, 0) is 30.2 Å². The number of carbonyl (C=O) groups is 1. The molecule has 2 rings (SSSR count). The van der Waals surface area contributed by atoms with E-state index in [2.05, 4.69) is 0 Å². The largest absolute Gasteiger partial charge is 0.506 e. The topological polar surface area (TPSA) is 37.3 Å². The van der Waals surface area contributed by atoms with E-state index in [0.29, 0.717) is 0 Å². The molecule has 0 aromatic heterocycles. The van der Waals surface area contributed by atoms with Gasteiger partial charge in [0.25, 0.3) is 0 Å². The Morgan fingerprint density at radius 1 is 1.22 bits per heavy atom. The Morgan fingerprint density at radius 3 is 2.56 bits per heavy atom. The summed E-state index contributed by atoms with van der Waals surface area (Å²) in [4.78, 5) is 12.1. The Labute approximate surface area is 111 Å². The molecule has 0 radical (unpaired) electrons. The lowest BCUT2D eigenvalue weighted by atomic mass is 10.0. The highest BCUT2D eigenvalue weighted by Crippen LogP contribution is 2.29. The quantitative estimate of drug-likeness (QED) is 0.853. The van der Waals surface area contributed by atoms with Crippen LogP contribution in [0.1, 0.15) is 21.5 Å². The van der Waals surface area contributed by atoms with E-state index in [1.54, 1.807) is 12.1 Å². The monoisotopic (exact) mass is 260 g/mol. The minimum atomic E-state index is -0.136. The van der Waals surface area contributed by atoms with Gasteiger partial charge in [0, 0.05) is 6.42 Å². The van der Waals surface area contributed by atoms with Crippen LogP contribution in [-0.2, 0) is 6.42 Å². The second-order valence-electron chi connectivity index (χ2n) is 4.23. The van der Waals surface area contributed by atoms with Crippen LogP contribution in [0.3, 0.4) is 0 Å².